The molecule has 2 aliphatic rings. The van der Waals surface area contributed by atoms with Crippen LogP contribution in [0.1, 0.15) is 29.3 Å². The lowest BCUT2D eigenvalue weighted by molar-refractivity contribution is -0.00546. The molecule has 108 valence electrons. The molecule has 0 bridgehead atoms. The standard InChI is InChI=1S/C15H18FNO3/c1-2-20-14(18)11-5-3-4-10-8-15(17-13(10)11)6-7-19-9-12(15)16/h3-5,12,17H,2,6-9H2,1H3. The first-order valence-corrected chi connectivity index (χ1v) is 6.95. The molecule has 1 aromatic carbocycles. The van der Waals surface area contributed by atoms with Crippen molar-refractivity contribution in [1.29, 1.82) is 0 Å². The molecule has 0 aliphatic carbocycles. The molecule has 0 aromatic heterocycles. The molecule has 20 heavy (non-hydrogen) atoms. The molecular formula is C15H18FNO3. The number of fused-ring (bicyclic) bond motifs is 1. The van der Waals surface area contributed by atoms with Crippen molar-refractivity contribution >= 4 is 11.7 Å². The fourth-order valence-corrected chi connectivity index (χ4v) is 3.00. The van der Waals surface area contributed by atoms with Gasteiger partial charge in [0.25, 0.3) is 0 Å². The zero-order chi connectivity index (χ0) is 14.2. The molecule has 2 aliphatic heterocycles. The van der Waals surface area contributed by atoms with Crippen LogP contribution in [-0.2, 0) is 15.9 Å². The zero-order valence-corrected chi connectivity index (χ0v) is 11.4. The first-order valence-electron chi connectivity index (χ1n) is 6.95. The average Bonchev–Trinajstić information content (AvgIpc) is 2.81. The maximum Gasteiger partial charge on any atom is 0.340 e. The van der Waals surface area contributed by atoms with E-state index in [4.69, 9.17) is 9.47 Å². The second-order valence-corrected chi connectivity index (χ2v) is 5.31. The Labute approximate surface area is 117 Å². The van der Waals surface area contributed by atoms with Crippen LogP contribution < -0.4 is 5.32 Å². The van der Waals surface area contributed by atoms with E-state index in [1.807, 2.05) is 12.1 Å². The molecule has 2 unspecified atom stereocenters. The Balaban J connectivity index is 1.93. The van der Waals surface area contributed by atoms with Gasteiger partial charge in [0.15, 0.2) is 0 Å². The molecular weight excluding hydrogens is 261 g/mol. The summed E-state index contributed by atoms with van der Waals surface area (Å²) in [5.74, 6) is -0.364. The van der Waals surface area contributed by atoms with E-state index in [-0.39, 0.29) is 12.6 Å². The minimum Gasteiger partial charge on any atom is -0.462 e. The summed E-state index contributed by atoms with van der Waals surface area (Å²) in [4.78, 5) is 12.0. The highest BCUT2D eigenvalue weighted by Gasteiger charge is 2.47. The van der Waals surface area contributed by atoms with Gasteiger partial charge in [0, 0.05) is 13.0 Å². The minimum absolute atomic E-state index is 0.107. The summed E-state index contributed by atoms with van der Waals surface area (Å²) in [5.41, 5.74) is 1.54. The lowest BCUT2D eigenvalue weighted by atomic mass is 9.85. The molecule has 0 saturated carbocycles. The number of nitrogens with one attached hydrogen (secondary N) is 1. The molecule has 5 heteroatoms. The number of anilines is 1. The number of carbonyl (C=O) groups excluding carboxylic acids is 1. The number of hydrogen-bond acceptors (Lipinski definition) is 4. The number of alkyl halides is 1. The first kappa shape index (κ1) is 13.4. The Morgan fingerprint density at radius 1 is 1.60 bits per heavy atom. The van der Waals surface area contributed by atoms with Crippen LogP contribution in [-0.4, -0.2) is 37.5 Å². The maximum atomic E-state index is 14.3. The van der Waals surface area contributed by atoms with Gasteiger partial charge in [-0.1, -0.05) is 12.1 Å². The predicted octanol–water partition coefficient (Wildman–Crippen LogP) is 2.33. The molecule has 0 radical (unpaired) electrons. The second kappa shape index (κ2) is 5.05. The number of ether oxygens (including phenoxy) is 2. The Hall–Kier alpha value is -1.62. The quantitative estimate of drug-likeness (QED) is 0.844. The summed E-state index contributed by atoms with van der Waals surface area (Å²) in [6.45, 7) is 2.74. The Morgan fingerprint density at radius 2 is 2.45 bits per heavy atom. The summed E-state index contributed by atoms with van der Waals surface area (Å²) in [5, 5.41) is 3.25. The van der Waals surface area contributed by atoms with Crippen molar-refractivity contribution in [3.8, 4) is 0 Å². The Morgan fingerprint density at radius 3 is 3.20 bits per heavy atom. The van der Waals surface area contributed by atoms with Crippen LogP contribution >= 0.6 is 0 Å². The van der Waals surface area contributed by atoms with Crippen molar-refractivity contribution in [2.45, 2.75) is 31.5 Å². The number of para-hydroxylation sites is 1. The number of rotatable bonds is 2. The van der Waals surface area contributed by atoms with Crippen LogP contribution in [0.5, 0.6) is 0 Å². The number of esters is 1. The van der Waals surface area contributed by atoms with Crippen LogP contribution in [0.3, 0.4) is 0 Å². The Bertz CT molecular complexity index is 534. The van der Waals surface area contributed by atoms with Gasteiger partial charge in [-0.25, -0.2) is 9.18 Å². The highest BCUT2D eigenvalue weighted by Crippen LogP contribution is 2.41. The highest BCUT2D eigenvalue weighted by atomic mass is 19.1. The minimum atomic E-state index is -1.07. The van der Waals surface area contributed by atoms with Crippen LogP contribution in [0.4, 0.5) is 10.1 Å². The summed E-state index contributed by atoms with van der Waals surface area (Å²) in [6, 6.07) is 5.47. The normalized spacial score (nSPS) is 28.0. The maximum absolute atomic E-state index is 14.3. The van der Waals surface area contributed by atoms with Gasteiger partial charge in [0.1, 0.15) is 6.17 Å². The predicted molar refractivity (Wildman–Crippen MR) is 72.8 cm³/mol. The number of carbonyl (C=O) groups is 1. The van der Waals surface area contributed by atoms with Gasteiger partial charge in [-0.05, 0) is 25.0 Å². The summed E-state index contributed by atoms with van der Waals surface area (Å²) >= 11 is 0. The molecule has 0 amide bonds. The highest BCUT2D eigenvalue weighted by molar-refractivity contribution is 5.97. The van der Waals surface area contributed by atoms with E-state index in [1.54, 1.807) is 13.0 Å². The second-order valence-electron chi connectivity index (χ2n) is 5.31. The molecule has 1 fully saturated rings. The van der Waals surface area contributed by atoms with Crippen molar-refractivity contribution in [1.82, 2.24) is 0 Å². The largest absolute Gasteiger partial charge is 0.462 e. The van der Waals surface area contributed by atoms with Crippen molar-refractivity contribution in [2.24, 2.45) is 0 Å². The van der Waals surface area contributed by atoms with Gasteiger partial charge in [0.2, 0.25) is 0 Å². The third kappa shape index (κ3) is 2.06. The van der Waals surface area contributed by atoms with Gasteiger partial charge in [-0.3, -0.25) is 0 Å². The van der Waals surface area contributed by atoms with E-state index in [9.17, 15) is 9.18 Å². The summed E-state index contributed by atoms with van der Waals surface area (Å²) in [6.07, 6.45) is 0.115. The van der Waals surface area contributed by atoms with Crippen LogP contribution in [0.2, 0.25) is 0 Å². The average molecular weight is 279 g/mol. The van der Waals surface area contributed by atoms with Gasteiger partial charge in [-0.2, -0.15) is 0 Å². The van der Waals surface area contributed by atoms with E-state index < -0.39 is 11.7 Å². The van der Waals surface area contributed by atoms with Gasteiger partial charge < -0.3 is 14.8 Å². The summed E-state index contributed by atoms with van der Waals surface area (Å²) < 4.78 is 24.5. The molecule has 3 rings (SSSR count). The zero-order valence-electron chi connectivity index (χ0n) is 11.4. The molecule has 1 aromatic rings. The van der Waals surface area contributed by atoms with E-state index in [1.165, 1.54) is 0 Å². The van der Waals surface area contributed by atoms with Gasteiger partial charge >= 0.3 is 5.97 Å². The van der Waals surface area contributed by atoms with Crippen LogP contribution in [0.15, 0.2) is 18.2 Å². The fourth-order valence-electron chi connectivity index (χ4n) is 3.00. The van der Waals surface area contributed by atoms with Crippen LogP contribution in [0.25, 0.3) is 0 Å². The number of benzene rings is 1. The van der Waals surface area contributed by atoms with Gasteiger partial charge in [-0.15, -0.1) is 0 Å². The van der Waals surface area contributed by atoms with Gasteiger partial charge in [0.05, 0.1) is 30.0 Å². The third-order valence-electron chi connectivity index (χ3n) is 4.08. The Kier molecular flexibility index (Phi) is 3.38. The van der Waals surface area contributed by atoms with Crippen molar-refractivity contribution in [3.05, 3.63) is 29.3 Å². The summed E-state index contributed by atoms with van der Waals surface area (Å²) in [7, 11) is 0. The van der Waals surface area contributed by atoms with E-state index in [2.05, 4.69) is 5.32 Å². The number of hydrogen-bond donors (Lipinski definition) is 1. The van der Waals surface area contributed by atoms with E-state index in [0.29, 0.717) is 31.6 Å². The van der Waals surface area contributed by atoms with E-state index in [0.717, 1.165) is 11.3 Å². The fraction of sp³-hybridized carbons (Fsp3) is 0.533. The lowest BCUT2D eigenvalue weighted by Gasteiger charge is -2.37. The molecule has 4 nitrogen and oxygen atoms in total. The SMILES string of the molecule is CCOC(=O)c1cccc2c1NC1(CCOCC1F)C2. The molecule has 1 N–H and O–H groups in total. The van der Waals surface area contributed by atoms with Crippen molar-refractivity contribution in [2.75, 3.05) is 25.1 Å². The third-order valence-corrected chi connectivity index (χ3v) is 4.08. The molecule has 2 heterocycles. The van der Waals surface area contributed by atoms with Crippen molar-refractivity contribution in [3.63, 3.8) is 0 Å². The van der Waals surface area contributed by atoms with E-state index >= 15 is 0 Å². The smallest absolute Gasteiger partial charge is 0.340 e. The monoisotopic (exact) mass is 279 g/mol. The molecule has 2 atom stereocenters. The molecule has 1 spiro atoms. The number of halogens is 1. The van der Waals surface area contributed by atoms with Crippen molar-refractivity contribution < 1.29 is 18.7 Å². The topological polar surface area (TPSA) is 47.6 Å². The van der Waals surface area contributed by atoms with Crippen LogP contribution in [0, 0.1) is 0 Å². The lowest BCUT2D eigenvalue weighted by Crippen LogP contribution is -2.52. The molecule has 1 saturated heterocycles. The first-order chi connectivity index (χ1) is 9.66.